The Balaban J connectivity index is 1.47. The Hall–Kier alpha value is -0.160. The van der Waals surface area contributed by atoms with Crippen molar-refractivity contribution in [3.63, 3.8) is 0 Å². The second-order valence-electron chi connectivity index (χ2n) is 6.43. The summed E-state index contributed by atoms with van der Waals surface area (Å²) in [6.45, 7) is 8.08. The molecule has 118 valence electrons. The first kappa shape index (κ1) is 16.2. The van der Waals surface area contributed by atoms with Crippen molar-refractivity contribution >= 4 is 0 Å². The maximum absolute atomic E-state index is 9.92. The third-order valence-corrected chi connectivity index (χ3v) is 4.79. The molecule has 1 saturated carbocycles. The van der Waals surface area contributed by atoms with Gasteiger partial charge in [-0.25, -0.2) is 0 Å². The van der Waals surface area contributed by atoms with Gasteiger partial charge in [-0.3, -0.25) is 0 Å². The lowest BCUT2D eigenvalue weighted by Crippen LogP contribution is -2.39. The SMILES string of the molecule is CCN1CCC(CNCC(O)COC2CCCC2)CC1. The predicted molar refractivity (Wildman–Crippen MR) is 81.9 cm³/mol. The highest BCUT2D eigenvalue weighted by Crippen LogP contribution is 2.21. The normalized spacial score (nSPS) is 24.3. The molecule has 4 nitrogen and oxygen atoms in total. The lowest BCUT2D eigenvalue weighted by atomic mass is 9.97. The number of likely N-dealkylation sites (tertiary alicyclic amines) is 1. The van der Waals surface area contributed by atoms with Gasteiger partial charge < -0.3 is 20.1 Å². The summed E-state index contributed by atoms with van der Waals surface area (Å²) in [7, 11) is 0. The number of piperidine rings is 1. The van der Waals surface area contributed by atoms with Crippen molar-refractivity contribution < 1.29 is 9.84 Å². The number of nitrogens with zero attached hydrogens (tertiary/aromatic N) is 1. The predicted octanol–water partition coefficient (Wildman–Crippen LogP) is 1.63. The van der Waals surface area contributed by atoms with Gasteiger partial charge in [-0.15, -0.1) is 0 Å². The van der Waals surface area contributed by atoms with Crippen LogP contribution >= 0.6 is 0 Å². The molecule has 1 atom stereocenters. The number of aliphatic hydroxyl groups is 1. The highest BCUT2D eigenvalue weighted by atomic mass is 16.5. The number of rotatable bonds is 8. The van der Waals surface area contributed by atoms with E-state index in [0.29, 0.717) is 19.3 Å². The smallest absolute Gasteiger partial charge is 0.0897 e. The van der Waals surface area contributed by atoms with Crippen LogP contribution in [0, 0.1) is 5.92 Å². The minimum atomic E-state index is -0.355. The third kappa shape index (κ3) is 5.68. The Kier molecular flexibility index (Phi) is 7.28. The van der Waals surface area contributed by atoms with Gasteiger partial charge in [0.2, 0.25) is 0 Å². The fourth-order valence-electron chi connectivity index (χ4n) is 3.32. The first-order valence-electron chi connectivity index (χ1n) is 8.50. The lowest BCUT2D eigenvalue weighted by Gasteiger charge is -2.31. The van der Waals surface area contributed by atoms with Crippen LogP contribution in [0.5, 0.6) is 0 Å². The average molecular weight is 284 g/mol. The lowest BCUT2D eigenvalue weighted by molar-refractivity contribution is -0.00581. The van der Waals surface area contributed by atoms with E-state index < -0.39 is 0 Å². The molecule has 1 unspecified atom stereocenters. The van der Waals surface area contributed by atoms with E-state index in [1.54, 1.807) is 0 Å². The summed E-state index contributed by atoms with van der Waals surface area (Å²) in [6.07, 6.45) is 7.55. The van der Waals surface area contributed by atoms with Gasteiger partial charge in [0.05, 0.1) is 18.8 Å². The molecule has 0 aromatic carbocycles. The highest BCUT2D eigenvalue weighted by Gasteiger charge is 2.19. The number of ether oxygens (including phenoxy) is 1. The average Bonchev–Trinajstić information content (AvgIpc) is 2.99. The molecule has 20 heavy (non-hydrogen) atoms. The second-order valence-corrected chi connectivity index (χ2v) is 6.43. The number of hydrogen-bond donors (Lipinski definition) is 2. The quantitative estimate of drug-likeness (QED) is 0.711. The molecule has 1 aliphatic heterocycles. The summed E-state index contributed by atoms with van der Waals surface area (Å²) in [4.78, 5) is 2.51. The van der Waals surface area contributed by atoms with Crippen LogP contribution in [0.2, 0.25) is 0 Å². The zero-order chi connectivity index (χ0) is 14.2. The van der Waals surface area contributed by atoms with E-state index in [0.717, 1.165) is 12.5 Å². The minimum absolute atomic E-state index is 0.355. The molecule has 2 fully saturated rings. The largest absolute Gasteiger partial charge is 0.389 e. The first-order chi connectivity index (χ1) is 9.78. The molecule has 2 rings (SSSR count). The molecule has 2 N–H and O–H groups in total. The molecule has 0 amide bonds. The van der Waals surface area contributed by atoms with Gasteiger partial charge in [0.1, 0.15) is 0 Å². The van der Waals surface area contributed by atoms with Crippen molar-refractivity contribution in [1.29, 1.82) is 0 Å². The summed E-state index contributed by atoms with van der Waals surface area (Å²) in [5, 5.41) is 13.3. The molecule has 1 aliphatic carbocycles. The molecule has 0 aromatic heterocycles. The van der Waals surface area contributed by atoms with Crippen molar-refractivity contribution in [3.8, 4) is 0 Å². The highest BCUT2D eigenvalue weighted by molar-refractivity contribution is 4.74. The van der Waals surface area contributed by atoms with E-state index in [4.69, 9.17) is 4.74 Å². The van der Waals surface area contributed by atoms with Crippen LogP contribution in [0.15, 0.2) is 0 Å². The molecule has 0 bridgehead atoms. The molecular weight excluding hydrogens is 252 g/mol. The fourth-order valence-corrected chi connectivity index (χ4v) is 3.32. The van der Waals surface area contributed by atoms with Gasteiger partial charge in [-0.05, 0) is 57.8 Å². The molecular formula is C16H32N2O2. The fraction of sp³-hybridized carbons (Fsp3) is 1.00. The second kappa shape index (κ2) is 8.98. The van der Waals surface area contributed by atoms with Crippen LogP contribution in [-0.4, -0.2) is 61.5 Å². The van der Waals surface area contributed by atoms with Crippen molar-refractivity contribution in [2.24, 2.45) is 5.92 Å². The van der Waals surface area contributed by atoms with E-state index in [2.05, 4.69) is 17.1 Å². The van der Waals surface area contributed by atoms with Crippen molar-refractivity contribution in [1.82, 2.24) is 10.2 Å². The Morgan fingerprint density at radius 3 is 2.55 bits per heavy atom. The van der Waals surface area contributed by atoms with Crippen LogP contribution in [0.4, 0.5) is 0 Å². The molecule has 1 heterocycles. The van der Waals surface area contributed by atoms with Gasteiger partial charge in [0, 0.05) is 6.54 Å². The standard InChI is InChI=1S/C16H32N2O2/c1-2-18-9-7-14(8-10-18)11-17-12-15(19)13-20-16-5-3-4-6-16/h14-17,19H,2-13H2,1H3. The molecule has 4 heteroatoms. The maximum Gasteiger partial charge on any atom is 0.0897 e. The monoisotopic (exact) mass is 284 g/mol. The third-order valence-electron chi connectivity index (χ3n) is 4.79. The molecule has 2 aliphatic rings. The van der Waals surface area contributed by atoms with E-state index >= 15 is 0 Å². The van der Waals surface area contributed by atoms with Gasteiger partial charge in [0.25, 0.3) is 0 Å². The van der Waals surface area contributed by atoms with Crippen molar-refractivity contribution in [3.05, 3.63) is 0 Å². The van der Waals surface area contributed by atoms with Gasteiger partial charge in [-0.2, -0.15) is 0 Å². The summed E-state index contributed by atoms with van der Waals surface area (Å²) in [5.41, 5.74) is 0. The van der Waals surface area contributed by atoms with Crippen LogP contribution < -0.4 is 5.32 Å². The molecule has 0 radical (unpaired) electrons. The van der Waals surface area contributed by atoms with Crippen LogP contribution in [0.1, 0.15) is 45.4 Å². The van der Waals surface area contributed by atoms with Crippen LogP contribution in [-0.2, 0) is 4.74 Å². The Bertz CT molecular complexity index is 249. The van der Waals surface area contributed by atoms with Crippen LogP contribution in [0.3, 0.4) is 0 Å². The Labute approximate surface area is 123 Å². The van der Waals surface area contributed by atoms with E-state index in [1.807, 2.05) is 0 Å². The van der Waals surface area contributed by atoms with Crippen molar-refractivity contribution in [2.75, 3.05) is 39.3 Å². The summed E-state index contributed by atoms with van der Waals surface area (Å²) >= 11 is 0. The summed E-state index contributed by atoms with van der Waals surface area (Å²) < 4.78 is 5.74. The van der Waals surface area contributed by atoms with E-state index in [-0.39, 0.29) is 6.10 Å². The molecule has 0 spiro atoms. The van der Waals surface area contributed by atoms with Gasteiger partial charge in [-0.1, -0.05) is 19.8 Å². The minimum Gasteiger partial charge on any atom is -0.389 e. The van der Waals surface area contributed by atoms with Crippen LogP contribution in [0.25, 0.3) is 0 Å². The zero-order valence-electron chi connectivity index (χ0n) is 13.0. The number of nitrogens with one attached hydrogen (secondary N) is 1. The number of hydrogen-bond acceptors (Lipinski definition) is 4. The zero-order valence-corrected chi connectivity index (χ0v) is 13.0. The topological polar surface area (TPSA) is 44.7 Å². The van der Waals surface area contributed by atoms with E-state index in [9.17, 15) is 5.11 Å². The summed E-state index contributed by atoms with van der Waals surface area (Å²) in [5.74, 6) is 0.778. The first-order valence-corrected chi connectivity index (χ1v) is 8.50. The Morgan fingerprint density at radius 2 is 1.90 bits per heavy atom. The summed E-state index contributed by atoms with van der Waals surface area (Å²) in [6, 6.07) is 0. The van der Waals surface area contributed by atoms with E-state index in [1.165, 1.54) is 58.2 Å². The Morgan fingerprint density at radius 1 is 1.20 bits per heavy atom. The molecule has 1 saturated heterocycles. The number of aliphatic hydroxyl groups excluding tert-OH is 1. The van der Waals surface area contributed by atoms with Gasteiger partial charge >= 0.3 is 0 Å². The molecule has 0 aromatic rings. The maximum atomic E-state index is 9.92. The van der Waals surface area contributed by atoms with Crippen molar-refractivity contribution in [2.45, 2.75) is 57.7 Å². The van der Waals surface area contributed by atoms with Gasteiger partial charge in [0.15, 0.2) is 0 Å².